The number of carbonyl (C=O) groups is 2. The number of nitrogens with one attached hydrogen (secondary N) is 2. The van der Waals surface area contributed by atoms with Gasteiger partial charge in [0.15, 0.2) is 0 Å². The summed E-state index contributed by atoms with van der Waals surface area (Å²) < 4.78 is 306. The molecular weight excluding hydrogens is 1270 g/mol. The van der Waals surface area contributed by atoms with Gasteiger partial charge in [0.2, 0.25) is 11.8 Å². The second-order valence-corrected chi connectivity index (χ2v) is 25.5. The molecule has 2 aliphatic rings. The van der Waals surface area contributed by atoms with Crippen LogP contribution in [0.4, 0.5) is 11.4 Å². The molecule has 0 aliphatic carbocycles. The molecule has 2 heterocycles. The molecule has 2 aliphatic heterocycles. The molecule has 38 nitrogen and oxygen atoms in total. The van der Waals surface area contributed by atoms with Crippen molar-refractivity contribution in [3.05, 3.63) is 48.5 Å². The van der Waals surface area contributed by atoms with Crippen LogP contribution in [0.25, 0.3) is 0 Å². The Balaban J connectivity index is 1.42. The van der Waals surface area contributed by atoms with Crippen LogP contribution in [0, 0.1) is 0 Å². The van der Waals surface area contributed by atoms with Crippen LogP contribution in [-0.4, -0.2) is 188 Å². The quantitative estimate of drug-likeness (QED) is 0.0406. The molecule has 48 heteroatoms. The average Bonchev–Trinajstić information content (AvgIpc) is 3.22. The van der Waals surface area contributed by atoms with Crippen molar-refractivity contribution < 1.29 is 156 Å². The van der Waals surface area contributed by atoms with Crippen molar-refractivity contribution >= 4 is 130 Å². The summed E-state index contributed by atoms with van der Waals surface area (Å²) in [5, 5.41) is 4.93. The zero-order chi connectivity index (χ0) is 58.3. The number of hydrogen-bond donors (Lipinski definition) is 10. The molecule has 2 aromatic rings. The maximum atomic E-state index is 12.7. The van der Waals surface area contributed by atoms with Gasteiger partial charge in [-0.25, -0.2) is 33.5 Å². The SMILES string of the molecule is O=C(CCCC(=O)Nc1ccc(S[C@@H]2O[C@H](COS(=O)(=O)O)[C@@H](OS(=O)(=O)O)[C@H](OS(=O)(=O)O)[C@H]2OS(=O)(=O)O)cc1)Nc1ccc(S[C@@H]2O[C@H](COS(=O)(=O)O)[C@@H](OS(=O)(=O)O)[C@H](OS(=O)(=O)O)[C@H]2OS(=O)(=O)O)cc1. The Morgan fingerprint density at radius 3 is 0.922 bits per heavy atom. The highest BCUT2D eigenvalue weighted by molar-refractivity contribution is 8.00. The molecule has 77 heavy (non-hydrogen) atoms. The molecule has 0 bridgehead atoms. The van der Waals surface area contributed by atoms with Gasteiger partial charge >= 0.3 is 83.2 Å². The number of hydrogen-bond acceptors (Lipinski definition) is 30. The van der Waals surface area contributed by atoms with Crippen molar-refractivity contribution in [2.24, 2.45) is 0 Å². The van der Waals surface area contributed by atoms with Crippen LogP contribution in [0.3, 0.4) is 0 Å². The topological polar surface area (TPSA) is 585 Å². The molecule has 0 aromatic heterocycles. The van der Waals surface area contributed by atoms with Gasteiger partial charge in [0.1, 0.15) is 59.7 Å². The third-order valence-electron chi connectivity index (χ3n) is 8.93. The monoisotopic (exact) mass is 1310 g/mol. The maximum Gasteiger partial charge on any atom is 0.397 e. The first-order valence-electron chi connectivity index (χ1n) is 19.5. The zero-order valence-electron chi connectivity index (χ0n) is 37.0. The van der Waals surface area contributed by atoms with E-state index in [2.05, 4.69) is 44.1 Å². The summed E-state index contributed by atoms with van der Waals surface area (Å²) in [6.07, 6.45) is -21.2. The summed E-state index contributed by atoms with van der Waals surface area (Å²) in [6, 6.07) is 9.61. The van der Waals surface area contributed by atoms with Gasteiger partial charge in [-0.2, -0.15) is 67.3 Å². The van der Waals surface area contributed by atoms with Gasteiger partial charge in [-0.1, -0.05) is 23.5 Å². The van der Waals surface area contributed by atoms with Crippen LogP contribution < -0.4 is 10.6 Å². The summed E-state index contributed by atoms with van der Waals surface area (Å²) in [7, 11) is -45.1. The van der Waals surface area contributed by atoms with E-state index in [1.165, 1.54) is 48.5 Å². The summed E-state index contributed by atoms with van der Waals surface area (Å²) in [6.45, 7) is -2.94. The number of carbonyl (C=O) groups excluding carboxylic acids is 2. The van der Waals surface area contributed by atoms with Crippen LogP contribution >= 0.6 is 23.5 Å². The van der Waals surface area contributed by atoms with E-state index in [-0.39, 0.29) is 40.4 Å². The molecule has 440 valence electrons. The van der Waals surface area contributed by atoms with Gasteiger partial charge in [0.25, 0.3) is 0 Å². The highest BCUT2D eigenvalue weighted by Crippen LogP contribution is 2.41. The van der Waals surface area contributed by atoms with E-state index in [9.17, 15) is 104 Å². The van der Waals surface area contributed by atoms with E-state index in [1.54, 1.807) is 0 Å². The van der Waals surface area contributed by atoms with Crippen molar-refractivity contribution in [2.75, 3.05) is 23.8 Å². The molecule has 10 N–H and O–H groups in total. The molecule has 2 aromatic carbocycles. The summed E-state index contributed by atoms with van der Waals surface area (Å²) >= 11 is 0.726. The molecule has 2 saturated heterocycles. The molecule has 2 fully saturated rings. The Bertz CT molecular complexity index is 3120. The second-order valence-electron chi connectivity index (χ2n) is 14.7. The van der Waals surface area contributed by atoms with Gasteiger partial charge in [0.05, 0.1) is 13.2 Å². The first-order valence-corrected chi connectivity index (χ1v) is 32.2. The van der Waals surface area contributed by atoms with Gasteiger partial charge in [-0.15, -0.1) is 0 Å². The summed E-state index contributed by atoms with van der Waals surface area (Å²) in [5.74, 6) is -1.36. The molecule has 0 saturated carbocycles. The van der Waals surface area contributed by atoms with Crippen molar-refractivity contribution in [3.8, 4) is 0 Å². The molecule has 0 radical (unpaired) electrons. The van der Waals surface area contributed by atoms with Crippen LogP contribution in [0.2, 0.25) is 0 Å². The third kappa shape index (κ3) is 25.1. The normalized spacial score (nSPS) is 25.2. The number of amides is 2. The van der Waals surface area contributed by atoms with Crippen molar-refractivity contribution in [1.82, 2.24) is 0 Å². The number of benzene rings is 2. The number of anilines is 2. The average molecular weight is 1310 g/mol. The van der Waals surface area contributed by atoms with Crippen molar-refractivity contribution in [1.29, 1.82) is 0 Å². The lowest BCUT2D eigenvalue weighted by Crippen LogP contribution is -2.61. The highest BCUT2D eigenvalue weighted by Gasteiger charge is 2.55. The second kappa shape index (κ2) is 26.3. The fourth-order valence-corrected chi connectivity index (χ4v) is 12.4. The first-order chi connectivity index (χ1) is 34.9. The molecule has 4 rings (SSSR count). The summed E-state index contributed by atoms with van der Waals surface area (Å²) in [4.78, 5) is 25.5. The van der Waals surface area contributed by atoms with E-state index in [4.69, 9.17) is 18.6 Å². The van der Waals surface area contributed by atoms with Gasteiger partial charge in [-0.3, -0.25) is 46.0 Å². The van der Waals surface area contributed by atoms with E-state index in [0.717, 1.165) is 0 Å². The maximum absolute atomic E-state index is 12.7. The van der Waals surface area contributed by atoms with Crippen LogP contribution in [0.1, 0.15) is 19.3 Å². The van der Waals surface area contributed by atoms with Crippen LogP contribution in [0.15, 0.2) is 58.3 Å². The Kier molecular flexibility index (Phi) is 22.7. The Morgan fingerprint density at radius 1 is 0.403 bits per heavy atom. The lowest BCUT2D eigenvalue weighted by atomic mass is 10.0. The zero-order valence-corrected chi connectivity index (χ0v) is 45.2. The minimum Gasteiger partial charge on any atom is -0.356 e. The van der Waals surface area contributed by atoms with Crippen LogP contribution in [0.5, 0.6) is 0 Å². The molecular formula is C29H38N2O36S10. The molecule has 10 atom stereocenters. The minimum atomic E-state index is -5.77. The van der Waals surface area contributed by atoms with Gasteiger partial charge in [-0.05, 0) is 55.0 Å². The standard InChI is InChI=1S/C29H38N2O36S10/c32-20(30-14-4-8-16(9-5-14)68-28-26(66-76(52,53)54)24(64-74(46,47)48)22(62-72(40,41)42)18(60-28)12-58-70(34,35)36)2-1-3-21(33)31-15-6-10-17(11-7-15)69-29-27(67-77(55,56)57)25(65-75(49,50)51)23(63-73(43,44)45)19(61-29)13-59-71(37,38)39/h4-11,18-19,22-29H,1-3,12-13H2,(H,30,32)(H,31,33)(H,34,35,36)(H,37,38,39)(H,40,41,42)(H,43,44,45)(H,46,47,48)(H,49,50,51)(H,52,53,54)(H,55,56,57)/t18-,19-,22-,23-,24+,25+,26-,27-,28+,29+/m1/s1. The molecule has 2 amide bonds. The Hall–Kier alpha value is -3.04. The number of thioether (sulfide) groups is 2. The van der Waals surface area contributed by atoms with E-state index < -0.39 is 168 Å². The van der Waals surface area contributed by atoms with Gasteiger partial charge in [0, 0.05) is 34.0 Å². The fraction of sp³-hybridized carbons (Fsp3) is 0.517. The predicted octanol–water partition coefficient (Wildman–Crippen LogP) is -2.17. The smallest absolute Gasteiger partial charge is 0.356 e. The Morgan fingerprint density at radius 2 is 0.662 bits per heavy atom. The number of rotatable bonds is 28. The molecule has 0 spiro atoms. The third-order valence-corrected chi connectivity index (χ3v) is 14.9. The number of ether oxygens (including phenoxy) is 2. The predicted molar refractivity (Wildman–Crippen MR) is 247 cm³/mol. The Labute approximate surface area is 444 Å². The van der Waals surface area contributed by atoms with E-state index in [1.807, 2.05) is 0 Å². The first kappa shape index (κ1) is 66.5. The van der Waals surface area contributed by atoms with E-state index in [0.29, 0.717) is 23.5 Å². The molecule has 0 unspecified atom stereocenters. The van der Waals surface area contributed by atoms with Crippen molar-refractivity contribution in [3.63, 3.8) is 0 Å². The lowest BCUT2D eigenvalue weighted by molar-refractivity contribution is -0.183. The minimum absolute atomic E-state index is 0.00875. The highest BCUT2D eigenvalue weighted by atomic mass is 32.3. The lowest BCUT2D eigenvalue weighted by Gasteiger charge is -2.43. The largest absolute Gasteiger partial charge is 0.397 e. The van der Waals surface area contributed by atoms with E-state index >= 15 is 0 Å². The van der Waals surface area contributed by atoms with Crippen LogP contribution in [-0.2, 0) is 136 Å². The van der Waals surface area contributed by atoms with Gasteiger partial charge < -0.3 is 20.1 Å². The summed E-state index contributed by atoms with van der Waals surface area (Å²) in [5.41, 5.74) is -3.95. The fourth-order valence-electron chi connectivity index (χ4n) is 6.38. The van der Waals surface area contributed by atoms with Crippen molar-refractivity contribution in [2.45, 2.75) is 88.8 Å².